The minimum atomic E-state index is 0.0999. The summed E-state index contributed by atoms with van der Waals surface area (Å²) >= 11 is 0. The number of hydrogen-bond acceptors (Lipinski definition) is 5. The maximum absolute atomic E-state index is 10.1. The van der Waals surface area contributed by atoms with E-state index in [1.807, 2.05) is 78.9 Å². The Morgan fingerprint density at radius 3 is 2.05 bits per heavy atom. The van der Waals surface area contributed by atoms with Crippen molar-refractivity contribution >= 4 is 21.8 Å². The van der Waals surface area contributed by atoms with Crippen LogP contribution in [0.5, 0.6) is 0 Å². The first-order chi connectivity index (χ1) is 18.2. The van der Waals surface area contributed by atoms with E-state index in [4.69, 9.17) is 5.26 Å². The van der Waals surface area contributed by atoms with Crippen molar-refractivity contribution in [1.29, 1.82) is 15.8 Å². The largest absolute Gasteiger partial charge is 0.308 e. The Hall–Kier alpha value is -5.77. The summed E-state index contributed by atoms with van der Waals surface area (Å²) in [6, 6.07) is 34.1. The van der Waals surface area contributed by atoms with Crippen LogP contribution in [0.2, 0.25) is 0 Å². The van der Waals surface area contributed by atoms with Crippen LogP contribution < -0.4 is 0 Å². The van der Waals surface area contributed by atoms with E-state index in [2.05, 4.69) is 38.8 Å². The summed E-state index contributed by atoms with van der Waals surface area (Å²) in [5.74, 6) is 0.0999. The number of aromatic nitrogens is 3. The zero-order valence-corrected chi connectivity index (χ0v) is 19.4. The molecule has 6 heteroatoms. The molecular weight excluding hydrogens is 456 g/mol. The Labute approximate surface area is 212 Å². The Kier molecular flexibility index (Phi) is 5.16. The molecule has 0 atom stereocenters. The van der Waals surface area contributed by atoms with Gasteiger partial charge in [0.1, 0.15) is 12.1 Å². The van der Waals surface area contributed by atoms with Gasteiger partial charge < -0.3 is 4.57 Å². The van der Waals surface area contributed by atoms with Crippen molar-refractivity contribution < 1.29 is 0 Å². The van der Waals surface area contributed by atoms with Crippen molar-refractivity contribution in [2.45, 2.75) is 0 Å². The van der Waals surface area contributed by atoms with Gasteiger partial charge in [-0.3, -0.25) is 0 Å². The van der Waals surface area contributed by atoms with Crippen molar-refractivity contribution in [1.82, 2.24) is 14.5 Å². The van der Waals surface area contributed by atoms with Gasteiger partial charge in [0.15, 0.2) is 0 Å². The van der Waals surface area contributed by atoms with E-state index in [0.717, 1.165) is 49.7 Å². The van der Waals surface area contributed by atoms with Crippen LogP contribution >= 0.6 is 0 Å². The van der Waals surface area contributed by atoms with Crippen molar-refractivity contribution in [3.63, 3.8) is 0 Å². The zero-order chi connectivity index (χ0) is 25.4. The summed E-state index contributed by atoms with van der Waals surface area (Å²) < 4.78 is 2.10. The summed E-state index contributed by atoms with van der Waals surface area (Å²) in [5, 5.41) is 30.8. The summed E-state index contributed by atoms with van der Waals surface area (Å²) in [6.07, 6.45) is 3.17. The van der Waals surface area contributed by atoms with Gasteiger partial charge in [-0.25, -0.2) is 9.97 Å². The number of para-hydroxylation sites is 1. The maximum atomic E-state index is 10.1. The minimum absolute atomic E-state index is 0.0999. The van der Waals surface area contributed by atoms with E-state index in [0.29, 0.717) is 11.1 Å². The number of nitrogens with zero attached hydrogens (tertiary/aromatic N) is 6. The molecule has 6 rings (SSSR count). The molecule has 37 heavy (non-hydrogen) atoms. The lowest BCUT2D eigenvalue weighted by atomic mass is 9.98. The number of fused-ring (bicyclic) bond motifs is 3. The molecule has 0 spiro atoms. The number of rotatable bonds is 3. The Balaban J connectivity index is 1.57. The van der Waals surface area contributed by atoms with Gasteiger partial charge in [-0.05, 0) is 53.1 Å². The van der Waals surface area contributed by atoms with E-state index in [9.17, 15) is 10.5 Å². The molecule has 0 bridgehead atoms. The normalized spacial score (nSPS) is 10.6. The highest BCUT2D eigenvalue weighted by Gasteiger charge is 2.17. The fourth-order valence-corrected chi connectivity index (χ4v) is 4.77. The van der Waals surface area contributed by atoms with Crippen LogP contribution in [-0.4, -0.2) is 14.5 Å². The smallest absolute Gasteiger partial charge is 0.232 e. The second kappa shape index (κ2) is 8.78. The average Bonchev–Trinajstić information content (AvgIpc) is 3.30. The molecule has 0 fully saturated rings. The molecule has 0 aliphatic heterocycles. The predicted octanol–water partition coefficient (Wildman–Crippen LogP) is 6.52. The Morgan fingerprint density at radius 1 is 0.568 bits per heavy atom. The topological polar surface area (TPSA) is 102 Å². The van der Waals surface area contributed by atoms with Gasteiger partial charge in [0.2, 0.25) is 5.82 Å². The summed E-state index contributed by atoms with van der Waals surface area (Å²) in [4.78, 5) is 8.10. The molecule has 0 saturated carbocycles. The minimum Gasteiger partial charge on any atom is -0.308 e. The monoisotopic (exact) mass is 472 g/mol. The van der Waals surface area contributed by atoms with E-state index >= 15 is 0 Å². The molecule has 170 valence electrons. The van der Waals surface area contributed by atoms with Crippen LogP contribution in [0.3, 0.4) is 0 Å². The summed E-state index contributed by atoms with van der Waals surface area (Å²) in [6.45, 7) is 0. The fraction of sp³-hybridized carbons (Fsp3) is 0. The molecule has 0 saturated heterocycles. The second-order valence-corrected chi connectivity index (χ2v) is 8.49. The van der Waals surface area contributed by atoms with E-state index < -0.39 is 0 Å². The Morgan fingerprint density at radius 2 is 1.27 bits per heavy atom. The summed E-state index contributed by atoms with van der Waals surface area (Å²) in [7, 11) is 0. The van der Waals surface area contributed by atoms with Gasteiger partial charge in [0.05, 0.1) is 33.9 Å². The van der Waals surface area contributed by atoms with Crippen LogP contribution in [0.1, 0.15) is 17.0 Å². The van der Waals surface area contributed by atoms with Crippen molar-refractivity contribution in [2.75, 3.05) is 0 Å². The third-order valence-corrected chi connectivity index (χ3v) is 6.47. The third-order valence-electron chi connectivity index (χ3n) is 6.47. The lowest BCUT2D eigenvalue weighted by molar-refractivity contribution is 1.11. The highest BCUT2D eigenvalue weighted by atomic mass is 15.0. The SMILES string of the molecule is N#Cc1ncc(-c2ccc(-n3c4ccccc4c4cc(-c5ccccc5C#N)ccc43)c(C#N)c2)cn1. The molecule has 4 aromatic carbocycles. The molecule has 0 aliphatic carbocycles. The van der Waals surface area contributed by atoms with Crippen LogP contribution in [0.15, 0.2) is 97.3 Å². The van der Waals surface area contributed by atoms with Crippen LogP contribution in [0, 0.1) is 34.0 Å². The van der Waals surface area contributed by atoms with E-state index in [-0.39, 0.29) is 5.82 Å². The zero-order valence-electron chi connectivity index (χ0n) is 19.4. The predicted molar refractivity (Wildman–Crippen MR) is 141 cm³/mol. The molecule has 0 aliphatic rings. The number of nitriles is 3. The van der Waals surface area contributed by atoms with Crippen molar-refractivity contribution in [3.8, 4) is 46.1 Å². The lowest BCUT2D eigenvalue weighted by Gasteiger charge is -2.12. The first kappa shape index (κ1) is 21.7. The van der Waals surface area contributed by atoms with Gasteiger partial charge >= 0.3 is 0 Å². The third kappa shape index (κ3) is 3.56. The van der Waals surface area contributed by atoms with Gasteiger partial charge in [-0.15, -0.1) is 0 Å². The highest BCUT2D eigenvalue weighted by molar-refractivity contribution is 6.10. The molecule has 0 N–H and O–H groups in total. The van der Waals surface area contributed by atoms with E-state index in [1.54, 1.807) is 12.4 Å². The number of benzene rings is 4. The summed E-state index contributed by atoms with van der Waals surface area (Å²) in [5.41, 5.74) is 7.20. The molecule has 0 amide bonds. The standard InChI is InChI=1S/C31H16N6/c32-15-22-5-1-2-6-25(22)21-10-12-30-27(14-21)26-7-3-4-8-29(26)37(30)28-11-9-20(13-23(28)16-33)24-18-35-31(17-34)36-19-24/h1-14,18-19H. The molecule has 6 nitrogen and oxygen atoms in total. The van der Waals surface area contributed by atoms with Crippen molar-refractivity contribution in [3.05, 3.63) is 114 Å². The average molecular weight is 473 g/mol. The second-order valence-electron chi connectivity index (χ2n) is 8.49. The van der Waals surface area contributed by atoms with Crippen LogP contribution in [0.25, 0.3) is 49.7 Å². The first-order valence-electron chi connectivity index (χ1n) is 11.5. The lowest BCUT2D eigenvalue weighted by Crippen LogP contribution is -1.98. The molecule has 6 aromatic rings. The fourth-order valence-electron chi connectivity index (χ4n) is 4.77. The maximum Gasteiger partial charge on any atom is 0.232 e. The van der Waals surface area contributed by atoms with Gasteiger partial charge in [0.25, 0.3) is 0 Å². The van der Waals surface area contributed by atoms with Crippen molar-refractivity contribution in [2.24, 2.45) is 0 Å². The Bertz CT molecular complexity index is 1960. The van der Waals surface area contributed by atoms with Gasteiger partial charge in [0, 0.05) is 28.7 Å². The van der Waals surface area contributed by atoms with Crippen LogP contribution in [0.4, 0.5) is 0 Å². The molecule has 0 radical (unpaired) electrons. The molecular formula is C31H16N6. The first-order valence-corrected chi connectivity index (χ1v) is 11.5. The molecule has 0 unspecified atom stereocenters. The number of hydrogen-bond donors (Lipinski definition) is 0. The van der Waals surface area contributed by atoms with E-state index in [1.165, 1.54) is 0 Å². The van der Waals surface area contributed by atoms with Gasteiger partial charge in [-0.1, -0.05) is 48.5 Å². The van der Waals surface area contributed by atoms with Gasteiger partial charge in [-0.2, -0.15) is 15.8 Å². The highest BCUT2D eigenvalue weighted by Crippen LogP contribution is 2.37. The van der Waals surface area contributed by atoms with Crippen LogP contribution in [-0.2, 0) is 0 Å². The quantitative estimate of drug-likeness (QED) is 0.292. The molecule has 2 heterocycles. The molecule has 2 aromatic heterocycles.